The maximum atomic E-state index is 11.7. The average molecular weight is 238 g/mol. The fourth-order valence-corrected chi connectivity index (χ4v) is 1.50. The van der Waals surface area contributed by atoms with Crippen LogP contribution < -0.4 is 4.74 Å². The highest BCUT2D eigenvalue weighted by Crippen LogP contribution is 2.27. The van der Waals surface area contributed by atoms with Crippen molar-refractivity contribution in [3.63, 3.8) is 0 Å². The fourth-order valence-electron chi connectivity index (χ4n) is 1.50. The number of methoxy groups -OCH3 is 1. The molecule has 0 aliphatic rings. The SMILES string of the molecule is CCCCOC(=O)c1c(C)cc(OC)cc1O. The summed E-state index contributed by atoms with van der Waals surface area (Å²) in [6, 6.07) is 3.10. The monoisotopic (exact) mass is 238 g/mol. The van der Waals surface area contributed by atoms with Crippen molar-refractivity contribution >= 4 is 5.97 Å². The van der Waals surface area contributed by atoms with E-state index >= 15 is 0 Å². The first-order valence-electron chi connectivity index (χ1n) is 5.64. The van der Waals surface area contributed by atoms with Crippen LogP contribution in [-0.4, -0.2) is 24.8 Å². The summed E-state index contributed by atoms with van der Waals surface area (Å²) in [5.41, 5.74) is 0.852. The lowest BCUT2D eigenvalue weighted by molar-refractivity contribution is 0.0495. The molecular formula is C13H18O4. The molecule has 0 spiro atoms. The van der Waals surface area contributed by atoms with E-state index in [1.54, 1.807) is 13.0 Å². The van der Waals surface area contributed by atoms with E-state index < -0.39 is 5.97 Å². The highest BCUT2D eigenvalue weighted by atomic mass is 16.5. The van der Waals surface area contributed by atoms with Crippen LogP contribution in [0.1, 0.15) is 35.7 Å². The third kappa shape index (κ3) is 3.37. The predicted molar refractivity (Wildman–Crippen MR) is 64.6 cm³/mol. The van der Waals surface area contributed by atoms with Crippen LogP contribution in [0.15, 0.2) is 12.1 Å². The van der Waals surface area contributed by atoms with Gasteiger partial charge in [-0.25, -0.2) is 4.79 Å². The molecule has 0 atom stereocenters. The minimum Gasteiger partial charge on any atom is -0.507 e. The number of hydrogen-bond donors (Lipinski definition) is 1. The van der Waals surface area contributed by atoms with E-state index in [1.165, 1.54) is 13.2 Å². The molecule has 1 aromatic rings. The molecule has 0 bridgehead atoms. The van der Waals surface area contributed by atoms with E-state index in [2.05, 4.69) is 0 Å². The van der Waals surface area contributed by atoms with Crippen molar-refractivity contribution in [3.05, 3.63) is 23.3 Å². The number of unbranched alkanes of at least 4 members (excludes halogenated alkanes) is 1. The summed E-state index contributed by atoms with van der Waals surface area (Å²) < 4.78 is 10.1. The van der Waals surface area contributed by atoms with Gasteiger partial charge in [0.1, 0.15) is 17.1 Å². The van der Waals surface area contributed by atoms with E-state index in [-0.39, 0.29) is 11.3 Å². The number of phenolic OH excluding ortho intramolecular Hbond substituents is 1. The standard InChI is InChI=1S/C13H18O4/c1-4-5-6-17-13(15)12-9(2)7-10(16-3)8-11(12)14/h7-8,14H,4-6H2,1-3H3. The number of rotatable bonds is 5. The average Bonchev–Trinajstić information content (AvgIpc) is 2.28. The molecule has 0 radical (unpaired) electrons. The first-order chi connectivity index (χ1) is 8.10. The Morgan fingerprint density at radius 1 is 1.41 bits per heavy atom. The molecule has 0 amide bonds. The van der Waals surface area contributed by atoms with E-state index in [0.717, 1.165) is 12.8 Å². The molecule has 0 fully saturated rings. The molecule has 0 aromatic heterocycles. The van der Waals surface area contributed by atoms with Crippen molar-refractivity contribution in [2.45, 2.75) is 26.7 Å². The first-order valence-corrected chi connectivity index (χ1v) is 5.64. The van der Waals surface area contributed by atoms with Gasteiger partial charge in [0.15, 0.2) is 0 Å². The van der Waals surface area contributed by atoms with Crippen LogP contribution in [0.5, 0.6) is 11.5 Å². The molecular weight excluding hydrogens is 220 g/mol. The molecule has 0 saturated heterocycles. The summed E-state index contributed by atoms with van der Waals surface area (Å²) in [4.78, 5) is 11.7. The summed E-state index contributed by atoms with van der Waals surface area (Å²) in [6.07, 6.45) is 1.78. The second-order valence-corrected chi connectivity index (χ2v) is 3.83. The van der Waals surface area contributed by atoms with E-state index in [0.29, 0.717) is 17.9 Å². The Balaban J connectivity index is 2.86. The summed E-state index contributed by atoms with van der Waals surface area (Å²) >= 11 is 0. The van der Waals surface area contributed by atoms with Gasteiger partial charge in [0.05, 0.1) is 13.7 Å². The Kier molecular flexibility index (Phi) is 4.82. The zero-order chi connectivity index (χ0) is 12.8. The summed E-state index contributed by atoms with van der Waals surface area (Å²) in [5.74, 6) is -0.0791. The number of carbonyl (C=O) groups excluding carboxylic acids is 1. The van der Waals surface area contributed by atoms with Gasteiger partial charge >= 0.3 is 5.97 Å². The van der Waals surface area contributed by atoms with Gasteiger partial charge in [0.25, 0.3) is 0 Å². The third-order valence-electron chi connectivity index (χ3n) is 2.46. The lowest BCUT2D eigenvalue weighted by Gasteiger charge is -2.10. The minimum atomic E-state index is -0.490. The maximum Gasteiger partial charge on any atom is 0.342 e. The Labute approximate surface area is 101 Å². The van der Waals surface area contributed by atoms with Crippen LogP contribution in [0.3, 0.4) is 0 Å². The molecule has 1 rings (SSSR count). The molecule has 0 saturated carbocycles. The smallest absolute Gasteiger partial charge is 0.342 e. The Bertz CT molecular complexity index is 375. The van der Waals surface area contributed by atoms with Gasteiger partial charge in [0, 0.05) is 6.07 Å². The zero-order valence-corrected chi connectivity index (χ0v) is 10.4. The van der Waals surface area contributed by atoms with Gasteiger partial charge in [-0.05, 0) is 25.0 Å². The summed E-state index contributed by atoms with van der Waals surface area (Å²) in [6.45, 7) is 4.13. The maximum absolute atomic E-state index is 11.7. The van der Waals surface area contributed by atoms with Crippen LogP contribution in [-0.2, 0) is 4.74 Å². The number of benzene rings is 1. The molecule has 0 aliphatic carbocycles. The number of esters is 1. The predicted octanol–water partition coefficient (Wildman–Crippen LogP) is 2.67. The Morgan fingerprint density at radius 3 is 2.65 bits per heavy atom. The van der Waals surface area contributed by atoms with Crippen LogP contribution in [0, 0.1) is 6.92 Å². The molecule has 0 aliphatic heterocycles. The van der Waals surface area contributed by atoms with E-state index in [1.807, 2.05) is 6.92 Å². The number of hydrogen-bond acceptors (Lipinski definition) is 4. The molecule has 4 nitrogen and oxygen atoms in total. The summed E-state index contributed by atoms with van der Waals surface area (Å²) in [7, 11) is 1.51. The van der Waals surface area contributed by atoms with Crippen molar-refractivity contribution in [3.8, 4) is 11.5 Å². The quantitative estimate of drug-likeness (QED) is 0.633. The highest BCUT2D eigenvalue weighted by molar-refractivity contribution is 5.94. The largest absolute Gasteiger partial charge is 0.507 e. The number of aromatic hydroxyl groups is 1. The van der Waals surface area contributed by atoms with Gasteiger partial charge in [-0.3, -0.25) is 0 Å². The number of aryl methyl sites for hydroxylation is 1. The number of carbonyl (C=O) groups is 1. The van der Waals surface area contributed by atoms with Crippen LogP contribution in [0.25, 0.3) is 0 Å². The van der Waals surface area contributed by atoms with Crippen molar-refractivity contribution in [1.29, 1.82) is 0 Å². The normalized spacial score (nSPS) is 10.1. The third-order valence-corrected chi connectivity index (χ3v) is 2.46. The molecule has 1 aromatic carbocycles. The Morgan fingerprint density at radius 2 is 2.12 bits per heavy atom. The number of ether oxygens (including phenoxy) is 2. The lowest BCUT2D eigenvalue weighted by Crippen LogP contribution is -2.08. The van der Waals surface area contributed by atoms with Crippen molar-refractivity contribution < 1.29 is 19.4 Å². The summed E-state index contributed by atoms with van der Waals surface area (Å²) in [5, 5.41) is 9.75. The highest BCUT2D eigenvalue weighted by Gasteiger charge is 2.17. The van der Waals surface area contributed by atoms with Crippen molar-refractivity contribution in [2.24, 2.45) is 0 Å². The fraction of sp³-hybridized carbons (Fsp3) is 0.462. The second kappa shape index (κ2) is 6.13. The molecule has 0 unspecified atom stereocenters. The Hall–Kier alpha value is -1.71. The van der Waals surface area contributed by atoms with Gasteiger partial charge < -0.3 is 14.6 Å². The van der Waals surface area contributed by atoms with Gasteiger partial charge in [-0.1, -0.05) is 13.3 Å². The van der Waals surface area contributed by atoms with Gasteiger partial charge in [-0.15, -0.1) is 0 Å². The van der Waals surface area contributed by atoms with E-state index in [4.69, 9.17) is 9.47 Å². The molecule has 4 heteroatoms. The van der Waals surface area contributed by atoms with Crippen LogP contribution in [0.2, 0.25) is 0 Å². The van der Waals surface area contributed by atoms with Crippen molar-refractivity contribution in [1.82, 2.24) is 0 Å². The second-order valence-electron chi connectivity index (χ2n) is 3.83. The zero-order valence-electron chi connectivity index (χ0n) is 10.4. The lowest BCUT2D eigenvalue weighted by atomic mass is 10.1. The minimum absolute atomic E-state index is 0.108. The first kappa shape index (κ1) is 13.4. The molecule has 1 N–H and O–H groups in total. The molecule has 0 heterocycles. The van der Waals surface area contributed by atoms with Gasteiger partial charge in [0.2, 0.25) is 0 Å². The molecule has 17 heavy (non-hydrogen) atoms. The topological polar surface area (TPSA) is 55.8 Å². The van der Waals surface area contributed by atoms with E-state index in [9.17, 15) is 9.90 Å². The van der Waals surface area contributed by atoms with Gasteiger partial charge in [-0.2, -0.15) is 0 Å². The number of phenols is 1. The van der Waals surface area contributed by atoms with Crippen LogP contribution in [0.4, 0.5) is 0 Å². The van der Waals surface area contributed by atoms with Crippen LogP contribution >= 0.6 is 0 Å². The molecule has 94 valence electrons. The van der Waals surface area contributed by atoms with Crippen molar-refractivity contribution in [2.75, 3.05) is 13.7 Å².